The number of hydrogen-bond acceptors (Lipinski definition) is 4. The van der Waals surface area contributed by atoms with E-state index in [1.165, 1.54) is 7.11 Å². The van der Waals surface area contributed by atoms with Gasteiger partial charge in [-0.25, -0.2) is 0 Å². The Bertz CT molecular complexity index is 365. The summed E-state index contributed by atoms with van der Waals surface area (Å²) < 4.78 is 6.44. The first-order valence-corrected chi connectivity index (χ1v) is 5.41. The smallest absolute Gasteiger partial charge is 0.322 e. The molecule has 1 rings (SSSR count). The summed E-state index contributed by atoms with van der Waals surface area (Å²) in [4.78, 5) is 11.3. The van der Waals surface area contributed by atoms with E-state index < -0.39 is 0 Å². The number of nitrogens with zero attached hydrogens (tertiary/aromatic N) is 2. The number of ether oxygens (including phenoxy) is 1. The largest absolute Gasteiger partial charge is 0.468 e. The van der Waals surface area contributed by atoms with Crippen LogP contribution in [0.3, 0.4) is 0 Å². The summed E-state index contributed by atoms with van der Waals surface area (Å²) in [6.07, 6.45) is 2.21. The van der Waals surface area contributed by atoms with Gasteiger partial charge in [0.2, 0.25) is 0 Å². The standard InChI is InChI=1S/C10H16ClN3O2/c1-7-8(11)6-13-14(7)5-4-9(12-2)10(15)16-3/h6,9,12H,4-5H2,1-3H3. The van der Waals surface area contributed by atoms with E-state index >= 15 is 0 Å². The average Bonchev–Trinajstić information content (AvgIpc) is 2.61. The molecule has 5 nitrogen and oxygen atoms in total. The fraction of sp³-hybridized carbons (Fsp3) is 0.600. The van der Waals surface area contributed by atoms with E-state index in [0.29, 0.717) is 18.0 Å². The van der Waals surface area contributed by atoms with E-state index in [2.05, 4.69) is 15.2 Å². The zero-order valence-corrected chi connectivity index (χ0v) is 10.4. The van der Waals surface area contributed by atoms with Crippen LogP contribution in [0.5, 0.6) is 0 Å². The molecule has 0 spiro atoms. The molecule has 90 valence electrons. The predicted molar refractivity (Wildman–Crippen MR) is 61.5 cm³/mol. The van der Waals surface area contributed by atoms with Gasteiger partial charge < -0.3 is 10.1 Å². The Morgan fingerprint density at radius 3 is 2.88 bits per heavy atom. The Balaban J connectivity index is 2.56. The van der Waals surface area contributed by atoms with Crippen LogP contribution in [0.15, 0.2) is 6.20 Å². The Labute approximate surface area is 99.7 Å². The van der Waals surface area contributed by atoms with Crippen LogP contribution in [-0.4, -0.2) is 35.9 Å². The van der Waals surface area contributed by atoms with Gasteiger partial charge in [-0.3, -0.25) is 9.48 Å². The van der Waals surface area contributed by atoms with Crippen molar-refractivity contribution in [2.24, 2.45) is 0 Å². The number of aryl methyl sites for hydroxylation is 1. The SMILES string of the molecule is CNC(CCn1ncc(Cl)c1C)C(=O)OC. The minimum atomic E-state index is -0.313. The van der Waals surface area contributed by atoms with Crippen LogP contribution in [0.4, 0.5) is 0 Å². The number of hydrogen-bond donors (Lipinski definition) is 1. The molecule has 0 saturated carbocycles. The summed E-state index contributed by atoms with van der Waals surface area (Å²) in [6, 6.07) is -0.313. The summed E-state index contributed by atoms with van der Waals surface area (Å²) in [7, 11) is 3.10. The normalized spacial score (nSPS) is 12.5. The van der Waals surface area contributed by atoms with Gasteiger partial charge >= 0.3 is 5.97 Å². The second-order valence-corrected chi connectivity index (χ2v) is 3.86. The lowest BCUT2D eigenvalue weighted by Crippen LogP contribution is -2.36. The second-order valence-electron chi connectivity index (χ2n) is 3.45. The number of likely N-dealkylation sites (N-methyl/N-ethyl adjacent to an activating group) is 1. The van der Waals surface area contributed by atoms with Crippen molar-refractivity contribution >= 4 is 17.6 Å². The van der Waals surface area contributed by atoms with E-state index in [-0.39, 0.29) is 12.0 Å². The summed E-state index contributed by atoms with van der Waals surface area (Å²) in [6.45, 7) is 2.51. The van der Waals surface area contributed by atoms with Crippen LogP contribution in [0.1, 0.15) is 12.1 Å². The van der Waals surface area contributed by atoms with Gasteiger partial charge in [0.05, 0.1) is 24.0 Å². The molecule has 0 fully saturated rings. The number of methoxy groups -OCH3 is 1. The van der Waals surface area contributed by atoms with Crippen LogP contribution < -0.4 is 5.32 Å². The molecule has 0 bridgehead atoms. The summed E-state index contributed by atoms with van der Waals surface area (Å²) in [5.41, 5.74) is 0.904. The Morgan fingerprint density at radius 1 is 1.75 bits per heavy atom. The van der Waals surface area contributed by atoms with Gasteiger partial charge in [-0.15, -0.1) is 0 Å². The van der Waals surface area contributed by atoms with Gasteiger partial charge in [0.25, 0.3) is 0 Å². The lowest BCUT2D eigenvalue weighted by molar-refractivity contribution is -0.143. The number of esters is 1. The Hall–Kier alpha value is -1.07. The lowest BCUT2D eigenvalue weighted by Gasteiger charge is -2.13. The van der Waals surface area contributed by atoms with Gasteiger partial charge in [-0.2, -0.15) is 5.10 Å². The monoisotopic (exact) mass is 245 g/mol. The lowest BCUT2D eigenvalue weighted by atomic mass is 10.2. The topological polar surface area (TPSA) is 56.2 Å². The number of nitrogens with one attached hydrogen (secondary N) is 1. The van der Waals surface area contributed by atoms with E-state index in [0.717, 1.165) is 5.69 Å². The van der Waals surface area contributed by atoms with E-state index in [1.807, 2.05) is 6.92 Å². The third-order valence-corrected chi connectivity index (χ3v) is 2.88. The van der Waals surface area contributed by atoms with Crippen LogP contribution >= 0.6 is 11.6 Å². The molecule has 1 aromatic rings. The molecular weight excluding hydrogens is 230 g/mol. The minimum Gasteiger partial charge on any atom is -0.468 e. The maximum atomic E-state index is 11.3. The van der Waals surface area contributed by atoms with Gasteiger partial charge in [0.1, 0.15) is 6.04 Å². The molecule has 0 aromatic carbocycles. The minimum absolute atomic E-state index is 0.265. The van der Waals surface area contributed by atoms with E-state index in [9.17, 15) is 4.79 Å². The number of halogens is 1. The fourth-order valence-corrected chi connectivity index (χ4v) is 1.56. The molecule has 0 saturated heterocycles. The van der Waals surface area contributed by atoms with Crippen LogP contribution in [0.25, 0.3) is 0 Å². The summed E-state index contributed by atoms with van der Waals surface area (Å²) in [5, 5.41) is 7.65. The van der Waals surface area contributed by atoms with Crippen LogP contribution in [0.2, 0.25) is 5.02 Å². The number of aromatic nitrogens is 2. The maximum absolute atomic E-state index is 11.3. The van der Waals surface area contributed by atoms with Crippen LogP contribution in [-0.2, 0) is 16.1 Å². The molecular formula is C10H16ClN3O2. The molecule has 0 aliphatic rings. The van der Waals surface area contributed by atoms with Gasteiger partial charge in [0.15, 0.2) is 0 Å². The third kappa shape index (κ3) is 2.96. The zero-order chi connectivity index (χ0) is 12.1. The zero-order valence-electron chi connectivity index (χ0n) is 9.66. The number of rotatable bonds is 5. The summed E-state index contributed by atoms with van der Waals surface area (Å²) >= 11 is 5.88. The molecule has 1 atom stereocenters. The van der Waals surface area contributed by atoms with Crippen molar-refractivity contribution in [2.75, 3.05) is 14.2 Å². The van der Waals surface area contributed by atoms with Crippen molar-refractivity contribution in [1.29, 1.82) is 0 Å². The van der Waals surface area contributed by atoms with E-state index in [4.69, 9.17) is 11.6 Å². The molecule has 6 heteroatoms. The van der Waals surface area contributed by atoms with Gasteiger partial charge in [0, 0.05) is 6.54 Å². The third-order valence-electron chi connectivity index (χ3n) is 2.51. The first-order valence-electron chi connectivity index (χ1n) is 5.03. The molecule has 1 N–H and O–H groups in total. The van der Waals surface area contributed by atoms with Crippen molar-refractivity contribution < 1.29 is 9.53 Å². The fourth-order valence-electron chi connectivity index (χ4n) is 1.42. The van der Waals surface area contributed by atoms with Gasteiger partial charge in [-0.1, -0.05) is 11.6 Å². The highest BCUT2D eigenvalue weighted by molar-refractivity contribution is 6.31. The van der Waals surface area contributed by atoms with Crippen molar-refractivity contribution in [3.63, 3.8) is 0 Å². The predicted octanol–water partition coefficient (Wildman–Crippen LogP) is 0.996. The molecule has 16 heavy (non-hydrogen) atoms. The molecule has 0 aliphatic heterocycles. The van der Waals surface area contributed by atoms with Crippen molar-refractivity contribution in [1.82, 2.24) is 15.1 Å². The summed E-state index contributed by atoms with van der Waals surface area (Å²) in [5.74, 6) is -0.265. The second kappa shape index (κ2) is 5.86. The highest BCUT2D eigenvalue weighted by Crippen LogP contribution is 2.13. The molecule has 1 heterocycles. The number of carbonyl (C=O) groups excluding carboxylic acids is 1. The quantitative estimate of drug-likeness (QED) is 0.787. The molecule has 1 unspecified atom stereocenters. The van der Waals surface area contributed by atoms with E-state index in [1.54, 1.807) is 17.9 Å². The Morgan fingerprint density at radius 2 is 2.44 bits per heavy atom. The number of carbonyl (C=O) groups is 1. The molecule has 0 aliphatic carbocycles. The first-order chi connectivity index (χ1) is 7.60. The Kier molecular flexibility index (Phi) is 4.76. The van der Waals surface area contributed by atoms with Crippen molar-refractivity contribution in [3.05, 3.63) is 16.9 Å². The highest BCUT2D eigenvalue weighted by Gasteiger charge is 2.17. The first kappa shape index (κ1) is 13.0. The molecule has 0 amide bonds. The highest BCUT2D eigenvalue weighted by atomic mass is 35.5. The average molecular weight is 246 g/mol. The van der Waals surface area contributed by atoms with Crippen molar-refractivity contribution in [2.45, 2.75) is 25.9 Å². The van der Waals surface area contributed by atoms with Crippen LogP contribution in [0, 0.1) is 6.92 Å². The molecule has 1 aromatic heterocycles. The van der Waals surface area contributed by atoms with Crippen molar-refractivity contribution in [3.8, 4) is 0 Å². The van der Waals surface area contributed by atoms with Gasteiger partial charge in [-0.05, 0) is 20.4 Å². The molecule has 0 radical (unpaired) electrons. The maximum Gasteiger partial charge on any atom is 0.322 e.